The van der Waals surface area contributed by atoms with Crippen LogP contribution in [0.3, 0.4) is 0 Å². The van der Waals surface area contributed by atoms with Crippen molar-refractivity contribution in [3.63, 3.8) is 0 Å². The molecule has 0 fully saturated rings. The van der Waals surface area contributed by atoms with Gasteiger partial charge in [-0.15, -0.1) is 0 Å². The number of nitrogens with two attached hydrogens (primary N) is 1. The second-order valence-electron chi connectivity index (χ2n) is 4.36. The summed E-state index contributed by atoms with van der Waals surface area (Å²) >= 11 is 0. The van der Waals surface area contributed by atoms with Gasteiger partial charge in [0, 0.05) is 12.6 Å². The van der Waals surface area contributed by atoms with Gasteiger partial charge in [-0.1, -0.05) is 18.2 Å². The van der Waals surface area contributed by atoms with Gasteiger partial charge in [0.2, 0.25) is 0 Å². The number of benzene rings is 1. The Bertz CT molecular complexity index is 305. The third-order valence-electron chi connectivity index (χ3n) is 2.68. The molecule has 0 aliphatic heterocycles. The largest absolute Gasteiger partial charge is 0.328 e. The number of hydrogen-bond donors (Lipinski definition) is 2. The molecule has 1 aromatic carbocycles. The molecule has 0 spiro atoms. The van der Waals surface area contributed by atoms with Crippen molar-refractivity contribution in [2.75, 3.05) is 6.54 Å². The van der Waals surface area contributed by atoms with Crippen LogP contribution in [0.5, 0.6) is 0 Å². The number of aryl methyl sites for hydroxylation is 2. The van der Waals surface area contributed by atoms with Crippen molar-refractivity contribution in [1.29, 1.82) is 0 Å². The van der Waals surface area contributed by atoms with Crippen LogP contribution in [0.25, 0.3) is 0 Å². The van der Waals surface area contributed by atoms with E-state index in [1.165, 1.54) is 16.7 Å². The van der Waals surface area contributed by atoms with E-state index in [4.69, 9.17) is 5.73 Å². The highest BCUT2D eigenvalue weighted by atomic mass is 14.9. The van der Waals surface area contributed by atoms with E-state index in [-0.39, 0.29) is 6.04 Å². The molecule has 0 aromatic heterocycles. The molecule has 0 saturated heterocycles. The molecule has 2 heteroatoms. The van der Waals surface area contributed by atoms with E-state index in [1.54, 1.807) is 0 Å². The third kappa shape index (κ3) is 4.45. The minimum Gasteiger partial charge on any atom is -0.328 e. The highest BCUT2D eigenvalue weighted by molar-refractivity contribution is 5.29. The lowest BCUT2D eigenvalue weighted by Crippen LogP contribution is -2.23. The van der Waals surface area contributed by atoms with E-state index < -0.39 is 0 Å². The van der Waals surface area contributed by atoms with Gasteiger partial charge in [-0.2, -0.15) is 0 Å². The normalized spacial score (nSPS) is 12.8. The van der Waals surface area contributed by atoms with Crippen molar-refractivity contribution in [3.8, 4) is 0 Å². The first-order chi connectivity index (χ1) is 7.09. The molecule has 1 unspecified atom stereocenters. The van der Waals surface area contributed by atoms with Gasteiger partial charge in [0.15, 0.2) is 0 Å². The summed E-state index contributed by atoms with van der Waals surface area (Å²) in [5.74, 6) is 0. The number of rotatable bonds is 5. The fourth-order valence-electron chi connectivity index (χ4n) is 1.48. The molecule has 84 valence electrons. The SMILES string of the molecule is Cc1ccc(CNCCC(C)N)cc1C. The molecular formula is C13H22N2. The van der Waals surface area contributed by atoms with Crippen molar-refractivity contribution < 1.29 is 0 Å². The molecule has 0 radical (unpaired) electrons. The monoisotopic (exact) mass is 206 g/mol. The van der Waals surface area contributed by atoms with Crippen LogP contribution in [-0.2, 0) is 6.54 Å². The Morgan fingerprint density at radius 3 is 2.60 bits per heavy atom. The minimum absolute atomic E-state index is 0.289. The van der Waals surface area contributed by atoms with Gasteiger partial charge < -0.3 is 11.1 Å². The van der Waals surface area contributed by atoms with Gasteiger partial charge in [-0.05, 0) is 50.4 Å². The van der Waals surface area contributed by atoms with Crippen LogP contribution in [0.4, 0.5) is 0 Å². The highest BCUT2D eigenvalue weighted by Crippen LogP contribution is 2.09. The molecule has 2 nitrogen and oxygen atoms in total. The van der Waals surface area contributed by atoms with Crippen molar-refractivity contribution in [3.05, 3.63) is 34.9 Å². The van der Waals surface area contributed by atoms with Crippen LogP contribution in [0, 0.1) is 13.8 Å². The lowest BCUT2D eigenvalue weighted by atomic mass is 10.1. The topological polar surface area (TPSA) is 38.0 Å². The zero-order valence-electron chi connectivity index (χ0n) is 10.0. The van der Waals surface area contributed by atoms with E-state index in [1.807, 2.05) is 6.92 Å². The number of nitrogens with one attached hydrogen (secondary N) is 1. The first-order valence-electron chi connectivity index (χ1n) is 5.62. The summed E-state index contributed by atoms with van der Waals surface area (Å²) in [6, 6.07) is 6.89. The Kier molecular flexibility index (Phi) is 4.79. The third-order valence-corrected chi connectivity index (χ3v) is 2.68. The zero-order chi connectivity index (χ0) is 11.3. The Hall–Kier alpha value is -0.860. The quantitative estimate of drug-likeness (QED) is 0.724. The van der Waals surface area contributed by atoms with E-state index in [0.29, 0.717) is 0 Å². The maximum atomic E-state index is 5.68. The van der Waals surface area contributed by atoms with E-state index in [9.17, 15) is 0 Å². The lowest BCUT2D eigenvalue weighted by Gasteiger charge is -2.08. The molecule has 1 rings (SSSR count). The Labute approximate surface area is 92.9 Å². The molecule has 1 atom stereocenters. The molecule has 15 heavy (non-hydrogen) atoms. The first kappa shape index (κ1) is 12.2. The zero-order valence-corrected chi connectivity index (χ0v) is 10.0. The van der Waals surface area contributed by atoms with Gasteiger partial charge in [0.1, 0.15) is 0 Å². The molecular weight excluding hydrogens is 184 g/mol. The standard InChI is InChI=1S/C13H22N2/c1-10-4-5-13(8-11(10)2)9-15-7-6-12(3)14/h4-5,8,12,15H,6-7,9,14H2,1-3H3. The van der Waals surface area contributed by atoms with Crippen molar-refractivity contribution in [1.82, 2.24) is 5.32 Å². The smallest absolute Gasteiger partial charge is 0.0205 e. The van der Waals surface area contributed by atoms with Crippen LogP contribution >= 0.6 is 0 Å². The molecule has 3 N–H and O–H groups in total. The Morgan fingerprint density at radius 2 is 2.00 bits per heavy atom. The fourth-order valence-corrected chi connectivity index (χ4v) is 1.48. The van der Waals surface area contributed by atoms with E-state index in [2.05, 4.69) is 37.4 Å². The summed E-state index contributed by atoms with van der Waals surface area (Å²) in [7, 11) is 0. The lowest BCUT2D eigenvalue weighted by molar-refractivity contribution is 0.589. The summed E-state index contributed by atoms with van der Waals surface area (Å²) in [6.45, 7) is 8.26. The fraction of sp³-hybridized carbons (Fsp3) is 0.538. The van der Waals surface area contributed by atoms with E-state index >= 15 is 0 Å². The van der Waals surface area contributed by atoms with Gasteiger partial charge in [0.05, 0.1) is 0 Å². The van der Waals surface area contributed by atoms with Gasteiger partial charge in [-0.3, -0.25) is 0 Å². The average molecular weight is 206 g/mol. The molecule has 0 saturated carbocycles. The summed E-state index contributed by atoms with van der Waals surface area (Å²) in [6.07, 6.45) is 1.03. The van der Waals surface area contributed by atoms with Crippen LogP contribution in [0.2, 0.25) is 0 Å². The maximum absolute atomic E-state index is 5.68. The van der Waals surface area contributed by atoms with E-state index in [0.717, 1.165) is 19.5 Å². The highest BCUT2D eigenvalue weighted by Gasteiger charge is 1.97. The molecule has 0 aliphatic carbocycles. The van der Waals surface area contributed by atoms with Crippen LogP contribution in [0.1, 0.15) is 30.0 Å². The van der Waals surface area contributed by atoms with Crippen LogP contribution < -0.4 is 11.1 Å². The molecule has 0 aliphatic rings. The summed E-state index contributed by atoms with van der Waals surface area (Å²) in [5.41, 5.74) is 9.74. The van der Waals surface area contributed by atoms with Crippen LogP contribution in [0.15, 0.2) is 18.2 Å². The van der Waals surface area contributed by atoms with Gasteiger partial charge in [0.25, 0.3) is 0 Å². The van der Waals surface area contributed by atoms with Crippen LogP contribution in [-0.4, -0.2) is 12.6 Å². The molecule has 0 bridgehead atoms. The van der Waals surface area contributed by atoms with Crippen molar-refractivity contribution in [2.45, 2.75) is 39.8 Å². The van der Waals surface area contributed by atoms with Crippen molar-refractivity contribution in [2.24, 2.45) is 5.73 Å². The molecule has 0 amide bonds. The predicted octanol–water partition coefficient (Wildman–Crippen LogP) is 2.13. The second-order valence-corrected chi connectivity index (χ2v) is 4.36. The predicted molar refractivity (Wildman–Crippen MR) is 65.9 cm³/mol. The Morgan fingerprint density at radius 1 is 1.27 bits per heavy atom. The summed E-state index contributed by atoms with van der Waals surface area (Å²) < 4.78 is 0. The second kappa shape index (κ2) is 5.89. The van der Waals surface area contributed by atoms with Gasteiger partial charge >= 0.3 is 0 Å². The van der Waals surface area contributed by atoms with Gasteiger partial charge in [-0.25, -0.2) is 0 Å². The summed E-state index contributed by atoms with van der Waals surface area (Å²) in [4.78, 5) is 0. The Balaban J connectivity index is 2.35. The van der Waals surface area contributed by atoms with Crippen molar-refractivity contribution >= 4 is 0 Å². The maximum Gasteiger partial charge on any atom is 0.0205 e. The molecule has 0 heterocycles. The summed E-state index contributed by atoms with van der Waals surface area (Å²) in [5, 5.41) is 3.40. The first-order valence-corrected chi connectivity index (χ1v) is 5.62. The number of hydrogen-bond acceptors (Lipinski definition) is 2. The minimum atomic E-state index is 0.289. The molecule has 1 aromatic rings. The average Bonchev–Trinajstić information content (AvgIpc) is 2.18.